The Labute approximate surface area is 137 Å². The SMILES string of the molecule is COC(=O)c1nc(C(F)(F)F)ccc1-c1cccc(OC(F)(F)F)c1. The average Bonchev–Trinajstić information content (AvgIpc) is 2.51. The third-order valence-electron chi connectivity index (χ3n) is 2.94. The Balaban J connectivity index is 2.55. The Hall–Kier alpha value is -2.78. The summed E-state index contributed by atoms with van der Waals surface area (Å²) in [5.41, 5.74) is -2.14. The minimum Gasteiger partial charge on any atom is -0.464 e. The van der Waals surface area contributed by atoms with Crippen LogP contribution in [0.1, 0.15) is 16.2 Å². The van der Waals surface area contributed by atoms with E-state index in [4.69, 9.17) is 0 Å². The molecule has 0 saturated carbocycles. The van der Waals surface area contributed by atoms with Crippen molar-refractivity contribution in [1.82, 2.24) is 4.98 Å². The van der Waals surface area contributed by atoms with Crippen molar-refractivity contribution in [3.05, 3.63) is 47.8 Å². The zero-order valence-electron chi connectivity index (χ0n) is 12.4. The van der Waals surface area contributed by atoms with Gasteiger partial charge in [-0.05, 0) is 29.8 Å². The van der Waals surface area contributed by atoms with Gasteiger partial charge in [-0.2, -0.15) is 13.2 Å². The summed E-state index contributed by atoms with van der Waals surface area (Å²) in [6.45, 7) is 0. The molecule has 0 amide bonds. The molecule has 0 aliphatic carbocycles. The second-order valence-corrected chi connectivity index (χ2v) is 4.66. The first kappa shape index (κ1) is 18.6. The van der Waals surface area contributed by atoms with E-state index in [0.29, 0.717) is 6.07 Å². The fraction of sp³-hybridized carbons (Fsp3) is 0.200. The number of rotatable bonds is 3. The highest BCUT2D eigenvalue weighted by molar-refractivity contribution is 5.95. The molecule has 10 heteroatoms. The van der Waals surface area contributed by atoms with E-state index in [1.54, 1.807) is 0 Å². The number of carbonyl (C=O) groups excluding carboxylic acids is 1. The standard InChI is InChI=1S/C15H9F6NO3/c1-24-13(23)12-10(5-6-11(22-12)14(16,17)18)8-3-2-4-9(7-8)25-15(19,20)21/h2-7H,1H3. The van der Waals surface area contributed by atoms with E-state index in [2.05, 4.69) is 14.5 Å². The van der Waals surface area contributed by atoms with Crippen molar-refractivity contribution in [2.75, 3.05) is 7.11 Å². The predicted octanol–water partition coefficient (Wildman–Crippen LogP) is 4.45. The van der Waals surface area contributed by atoms with Gasteiger partial charge in [0.05, 0.1) is 7.11 Å². The van der Waals surface area contributed by atoms with Crippen LogP contribution in [0, 0.1) is 0 Å². The van der Waals surface area contributed by atoms with Crippen LogP contribution in [0.4, 0.5) is 26.3 Å². The van der Waals surface area contributed by atoms with Crippen molar-refractivity contribution < 1.29 is 40.6 Å². The fourth-order valence-electron chi connectivity index (χ4n) is 1.96. The molecule has 0 saturated heterocycles. The number of halogens is 6. The summed E-state index contributed by atoms with van der Waals surface area (Å²) < 4.78 is 83.3. The second-order valence-electron chi connectivity index (χ2n) is 4.66. The number of ether oxygens (including phenoxy) is 2. The van der Waals surface area contributed by atoms with Gasteiger partial charge in [-0.25, -0.2) is 9.78 Å². The van der Waals surface area contributed by atoms with Crippen molar-refractivity contribution in [1.29, 1.82) is 0 Å². The molecule has 0 aliphatic rings. The van der Waals surface area contributed by atoms with Gasteiger partial charge >= 0.3 is 18.5 Å². The van der Waals surface area contributed by atoms with E-state index in [0.717, 1.165) is 25.3 Å². The molecule has 4 nitrogen and oxygen atoms in total. The molecule has 0 bridgehead atoms. The molecule has 2 rings (SSSR count). The van der Waals surface area contributed by atoms with Crippen molar-refractivity contribution >= 4 is 5.97 Å². The monoisotopic (exact) mass is 365 g/mol. The second kappa shape index (κ2) is 6.61. The molecule has 0 radical (unpaired) electrons. The van der Waals surface area contributed by atoms with E-state index >= 15 is 0 Å². The average molecular weight is 365 g/mol. The topological polar surface area (TPSA) is 48.4 Å². The molecule has 0 unspecified atom stereocenters. The molecule has 2 aromatic rings. The molecule has 1 aromatic heterocycles. The number of methoxy groups -OCH3 is 1. The number of aromatic nitrogens is 1. The summed E-state index contributed by atoms with van der Waals surface area (Å²) >= 11 is 0. The smallest absolute Gasteiger partial charge is 0.464 e. The Morgan fingerprint density at radius 2 is 1.72 bits per heavy atom. The number of pyridine rings is 1. The van der Waals surface area contributed by atoms with Crippen LogP contribution in [0.15, 0.2) is 36.4 Å². The van der Waals surface area contributed by atoms with Gasteiger partial charge < -0.3 is 9.47 Å². The summed E-state index contributed by atoms with van der Waals surface area (Å²) in [6.07, 6.45) is -9.75. The van der Waals surface area contributed by atoms with Crippen LogP contribution in [0.5, 0.6) is 5.75 Å². The van der Waals surface area contributed by atoms with Crippen LogP contribution < -0.4 is 4.74 Å². The number of benzene rings is 1. The number of esters is 1. The summed E-state index contributed by atoms with van der Waals surface area (Å²) in [5.74, 6) is -1.76. The third kappa shape index (κ3) is 4.61. The number of carbonyl (C=O) groups is 1. The van der Waals surface area contributed by atoms with Crippen LogP contribution in [0.2, 0.25) is 0 Å². The van der Waals surface area contributed by atoms with E-state index in [1.807, 2.05) is 0 Å². The molecular weight excluding hydrogens is 356 g/mol. The molecular formula is C15H9F6NO3. The van der Waals surface area contributed by atoms with Crippen molar-refractivity contribution in [2.24, 2.45) is 0 Å². The highest BCUT2D eigenvalue weighted by Gasteiger charge is 2.34. The Morgan fingerprint density at radius 3 is 2.28 bits per heavy atom. The third-order valence-corrected chi connectivity index (χ3v) is 2.94. The van der Waals surface area contributed by atoms with Gasteiger partial charge in [0.25, 0.3) is 0 Å². The first-order valence-corrected chi connectivity index (χ1v) is 6.54. The molecule has 1 aromatic carbocycles. The van der Waals surface area contributed by atoms with Crippen molar-refractivity contribution in [2.45, 2.75) is 12.5 Å². The summed E-state index contributed by atoms with van der Waals surface area (Å²) in [5, 5.41) is 0. The maximum Gasteiger partial charge on any atom is 0.573 e. The van der Waals surface area contributed by atoms with Gasteiger partial charge in [0.1, 0.15) is 11.4 Å². The van der Waals surface area contributed by atoms with Crippen LogP contribution in [-0.4, -0.2) is 24.4 Å². The largest absolute Gasteiger partial charge is 0.573 e. The zero-order valence-corrected chi connectivity index (χ0v) is 12.4. The van der Waals surface area contributed by atoms with Crippen molar-refractivity contribution in [3.8, 4) is 16.9 Å². The van der Waals surface area contributed by atoms with Gasteiger partial charge in [0.15, 0.2) is 5.69 Å². The predicted molar refractivity (Wildman–Crippen MR) is 72.7 cm³/mol. The van der Waals surface area contributed by atoms with Crippen LogP contribution in [0.3, 0.4) is 0 Å². The van der Waals surface area contributed by atoms with E-state index in [-0.39, 0.29) is 11.1 Å². The lowest BCUT2D eigenvalue weighted by Crippen LogP contribution is -2.17. The lowest BCUT2D eigenvalue weighted by atomic mass is 10.0. The molecule has 25 heavy (non-hydrogen) atoms. The fourth-order valence-corrected chi connectivity index (χ4v) is 1.96. The molecule has 0 spiro atoms. The van der Waals surface area contributed by atoms with Gasteiger partial charge in [-0.3, -0.25) is 0 Å². The molecule has 0 N–H and O–H groups in total. The van der Waals surface area contributed by atoms with Crippen LogP contribution in [0.25, 0.3) is 11.1 Å². The van der Waals surface area contributed by atoms with Crippen LogP contribution >= 0.6 is 0 Å². The van der Waals surface area contributed by atoms with E-state index in [1.165, 1.54) is 12.1 Å². The maximum absolute atomic E-state index is 12.8. The molecule has 0 aliphatic heterocycles. The number of hydrogen-bond acceptors (Lipinski definition) is 4. The van der Waals surface area contributed by atoms with Gasteiger partial charge in [-0.15, -0.1) is 13.2 Å². The molecule has 0 fully saturated rings. The lowest BCUT2D eigenvalue weighted by Gasteiger charge is -2.13. The number of hydrogen-bond donors (Lipinski definition) is 0. The minimum absolute atomic E-state index is 0.00312. The zero-order chi connectivity index (χ0) is 18.8. The molecule has 0 atom stereocenters. The summed E-state index contributed by atoms with van der Waals surface area (Å²) in [6, 6.07) is 5.94. The maximum atomic E-state index is 12.8. The van der Waals surface area contributed by atoms with E-state index in [9.17, 15) is 31.1 Å². The minimum atomic E-state index is -4.94. The van der Waals surface area contributed by atoms with Gasteiger partial charge in [-0.1, -0.05) is 12.1 Å². The van der Waals surface area contributed by atoms with Gasteiger partial charge in [0, 0.05) is 5.56 Å². The molecule has 1 heterocycles. The first-order valence-electron chi connectivity index (χ1n) is 6.54. The number of alkyl halides is 6. The lowest BCUT2D eigenvalue weighted by molar-refractivity contribution is -0.274. The van der Waals surface area contributed by atoms with E-state index < -0.39 is 35.6 Å². The first-order chi connectivity index (χ1) is 11.5. The normalized spacial score (nSPS) is 12.0. The van der Waals surface area contributed by atoms with Crippen LogP contribution in [-0.2, 0) is 10.9 Å². The van der Waals surface area contributed by atoms with Gasteiger partial charge in [0.2, 0.25) is 0 Å². The summed E-state index contributed by atoms with van der Waals surface area (Å²) in [4.78, 5) is 15.0. The Bertz CT molecular complexity index is 786. The highest BCUT2D eigenvalue weighted by Crippen LogP contribution is 2.33. The summed E-state index contributed by atoms with van der Waals surface area (Å²) in [7, 11) is 0.942. The Kier molecular flexibility index (Phi) is 4.91. The quantitative estimate of drug-likeness (QED) is 0.596. The number of nitrogens with zero attached hydrogens (tertiary/aromatic N) is 1. The Morgan fingerprint density at radius 1 is 1.04 bits per heavy atom. The molecule has 134 valence electrons. The van der Waals surface area contributed by atoms with Crippen molar-refractivity contribution in [3.63, 3.8) is 0 Å². The highest BCUT2D eigenvalue weighted by atomic mass is 19.4.